The summed E-state index contributed by atoms with van der Waals surface area (Å²) in [6, 6.07) is 15.8. The SMILES string of the molecule is Cn1ccc(-c2nc(NC(=O)NCc3ccccc3)c(C#N)nc2-c2cc(Cl)c(N)c(C=N)c2)n1. The summed E-state index contributed by atoms with van der Waals surface area (Å²) in [5.74, 6) is -0.0173. The highest BCUT2D eigenvalue weighted by Crippen LogP contribution is 2.34. The highest BCUT2D eigenvalue weighted by Gasteiger charge is 2.21. The molecule has 4 rings (SSSR count). The monoisotopic (exact) mass is 485 g/mol. The van der Waals surface area contributed by atoms with Crippen molar-refractivity contribution in [1.82, 2.24) is 25.1 Å². The van der Waals surface area contributed by atoms with Gasteiger partial charge in [0.15, 0.2) is 11.5 Å². The number of urea groups is 1. The van der Waals surface area contributed by atoms with Crippen LogP contribution < -0.4 is 16.4 Å². The number of nitrogens with one attached hydrogen (secondary N) is 3. The molecule has 0 atom stereocenters. The van der Waals surface area contributed by atoms with Gasteiger partial charge in [-0.25, -0.2) is 14.8 Å². The largest absolute Gasteiger partial charge is 0.397 e. The van der Waals surface area contributed by atoms with Gasteiger partial charge in [0.05, 0.1) is 10.7 Å². The van der Waals surface area contributed by atoms with E-state index in [9.17, 15) is 10.1 Å². The van der Waals surface area contributed by atoms with Gasteiger partial charge in [0.2, 0.25) is 0 Å². The summed E-state index contributed by atoms with van der Waals surface area (Å²) in [6.07, 6.45) is 2.81. The second-order valence-electron chi connectivity index (χ2n) is 7.50. The summed E-state index contributed by atoms with van der Waals surface area (Å²) in [7, 11) is 1.75. The van der Waals surface area contributed by atoms with Crippen molar-refractivity contribution in [1.29, 1.82) is 10.7 Å². The Hall–Kier alpha value is -4.75. The summed E-state index contributed by atoms with van der Waals surface area (Å²) in [6.45, 7) is 0.295. The van der Waals surface area contributed by atoms with Gasteiger partial charge in [-0.05, 0) is 23.8 Å². The van der Waals surface area contributed by atoms with E-state index < -0.39 is 6.03 Å². The van der Waals surface area contributed by atoms with Crippen molar-refractivity contribution in [2.75, 3.05) is 11.1 Å². The number of hydrogen-bond acceptors (Lipinski definition) is 7. The van der Waals surface area contributed by atoms with Crippen LogP contribution in [0.25, 0.3) is 22.6 Å². The number of aryl methyl sites for hydroxylation is 1. The van der Waals surface area contributed by atoms with Crippen molar-refractivity contribution in [2.24, 2.45) is 7.05 Å². The maximum Gasteiger partial charge on any atom is 0.320 e. The van der Waals surface area contributed by atoms with E-state index in [4.69, 9.17) is 22.7 Å². The summed E-state index contributed by atoms with van der Waals surface area (Å²) < 4.78 is 1.59. The smallest absolute Gasteiger partial charge is 0.320 e. The van der Waals surface area contributed by atoms with Crippen LogP contribution in [0.2, 0.25) is 5.02 Å². The number of rotatable bonds is 6. The van der Waals surface area contributed by atoms with Crippen LogP contribution in [0.4, 0.5) is 16.3 Å². The van der Waals surface area contributed by atoms with Crippen LogP contribution in [0.5, 0.6) is 0 Å². The zero-order valence-electron chi connectivity index (χ0n) is 18.6. The number of hydrogen-bond donors (Lipinski definition) is 4. The van der Waals surface area contributed by atoms with E-state index in [1.54, 1.807) is 36.1 Å². The number of nitrogens with two attached hydrogens (primary N) is 1. The van der Waals surface area contributed by atoms with Crippen LogP contribution >= 0.6 is 11.6 Å². The Morgan fingerprint density at radius 2 is 2.00 bits per heavy atom. The Bertz CT molecular complexity index is 1460. The van der Waals surface area contributed by atoms with E-state index in [1.165, 1.54) is 0 Å². The number of halogens is 1. The number of carbonyl (C=O) groups is 1. The van der Waals surface area contributed by atoms with Crippen LogP contribution in [-0.2, 0) is 13.6 Å². The molecule has 0 radical (unpaired) electrons. The fourth-order valence-corrected chi connectivity index (χ4v) is 3.57. The van der Waals surface area contributed by atoms with E-state index in [0.717, 1.165) is 11.8 Å². The zero-order valence-corrected chi connectivity index (χ0v) is 19.3. The molecule has 10 nitrogen and oxygen atoms in total. The topological polar surface area (TPSA) is 158 Å². The van der Waals surface area contributed by atoms with Gasteiger partial charge in [-0.2, -0.15) is 10.4 Å². The van der Waals surface area contributed by atoms with Crippen LogP contribution in [0.15, 0.2) is 54.7 Å². The molecule has 2 aromatic heterocycles. The molecule has 4 aromatic rings. The minimum Gasteiger partial charge on any atom is -0.397 e. The highest BCUT2D eigenvalue weighted by molar-refractivity contribution is 6.34. The van der Waals surface area contributed by atoms with Gasteiger partial charge in [-0.15, -0.1) is 0 Å². The van der Waals surface area contributed by atoms with Crippen LogP contribution in [0, 0.1) is 16.7 Å². The Balaban J connectivity index is 1.76. The maximum atomic E-state index is 12.6. The number of carbonyl (C=O) groups excluding carboxylic acids is 1. The second kappa shape index (κ2) is 10.0. The van der Waals surface area contributed by atoms with E-state index in [-0.39, 0.29) is 22.2 Å². The molecule has 2 aromatic carbocycles. The molecule has 174 valence electrons. The standard InChI is InChI=1S/C24H20ClN9O/c1-34-8-7-18(33-34)22-21(15-9-16(11-26)20(28)17(25)10-15)30-19(12-27)23(31-22)32-24(35)29-13-14-5-3-2-4-6-14/h2-11,26H,13,28H2,1H3,(H2,29,31,32,35). The number of aromatic nitrogens is 4. The quantitative estimate of drug-likeness (QED) is 0.239. The molecule has 0 fully saturated rings. The molecule has 35 heavy (non-hydrogen) atoms. The molecular weight excluding hydrogens is 466 g/mol. The van der Waals surface area contributed by atoms with Gasteiger partial charge in [0.25, 0.3) is 0 Å². The van der Waals surface area contributed by atoms with Crippen molar-refractivity contribution in [3.05, 3.63) is 76.6 Å². The summed E-state index contributed by atoms with van der Waals surface area (Å²) in [4.78, 5) is 21.6. The van der Waals surface area contributed by atoms with Crippen molar-refractivity contribution in [2.45, 2.75) is 6.54 Å². The molecule has 0 saturated carbocycles. The third-order valence-electron chi connectivity index (χ3n) is 5.08. The first-order valence-electron chi connectivity index (χ1n) is 10.4. The molecule has 0 aliphatic rings. The van der Waals surface area contributed by atoms with Gasteiger partial charge in [0, 0.05) is 37.1 Å². The molecule has 2 amide bonds. The van der Waals surface area contributed by atoms with E-state index in [2.05, 4.69) is 25.7 Å². The lowest BCUT2D eigenvalue weighted by atomic mass is 10.0. The molecule has 0 aliphatic heterocycles. The normalized spacial score (nSPS) is 10.4. The van der Waals surface area contributed by atoms with Crippen LogP contribution in [-0.4, -0.2) is 32.0 Å². The van der Waals surface area contributed by atoms with Crippen LogP contribution in [0.3, 0.4) is 0 Å². The number of nitrogen functional groups attached to an aromatic ring is 1. The lowest BCUT2D eigenvalue weighted by Gasteiger charge is -2.14. The van der Waals surface area contributed by atoms with Crippen LogP contribution in [0.1, 0.15) is 16.8 Å². The number of anilines is 2. The van der Waals surface area contributed by atoms with E-state index in [0.29, 0.717) is 34.8 Å². The highest BCUT2D eigenvalue weighted by atomic mass is 35.5. The van der Waals surface area contributed by atoms with Crippen molar-refractivity contribution >= 4 is 35.4 Å². The van der Waals surface area contributed by atoms with Gasteiger partial charge in [-0.3, -0.25) is 10.00 Å². The van der Waals surface area contributed by atoms with Gasteiger partial charge >= 0.3 is 6.03 Å². The first-order chi connectivity index (χ1) is 16.9. The summed E-state index contributed by atoms with van der Waals surface area (Å²) in [5, 5.41) is 27.4. The van der Waals surface area contributed by atoms with E-state index >= 15 is 0 Å². The van der Waals surface area contributed by atoms with Crippen molar-refractivity contribution < 1.29 is 4.79 Å². The van der Waals surface area contributed by atoms with Crippen molar-refractivity contribution in [3.63, 3.8) is 0 Å². The Morgan fingerprint density at radius 3 is 2.66 bits per heavy atom. The Kier molecular flexibility index (Phi) is 6.71. The number of benzene rings is 2. The molecule has 0 unspecified atom stereocenters. The molecule has 2 heterocycles. The first kappa shape index (κ1) is 23.4. The minimum atomic E-state index is -0.541. The Morgan fingerprint density at radius 1 is 1.23 bits per heavy atom. The minimum absolute atomic E-state index is 0.0173. The third-order valence-corrected chi connectivity index (χ3v) is 5.39. The molecule has 0 spiro atoms. The van der Waals surface area contributed by atoms with E-state index in [1.807, 2.05) is 36.4 Å². The summed E-state index contributed by atoms with van der Waals surface area (Å²) >= 11 is 6.28. The Labute approximate surface area is 205 Å². The lowest BCUT2D eigenvalue weighted by molar-refractivity contribution is 0.251. The molecule has 5 N–H and O–H groups in total. The lowest BCUT2D eigenvalue weighted by Crippen LogP contribution is -2.29. The number of nitriles is 1. The first-order valence-corrected chi connectivity index (χ1v) is 10.8. The maximum absolute atomic E-state index is 12.6. The predicted octanol–water partition coefficient (Wildman–Crippen LogP) is 3.97. The van der Waals surface area contributed by atoms with Gasteiger partial charge < -0.3 is 16.5 Å². The van der Waals surface area contributed by atoms with Crippen molar-refractivity contribution in [3.8, 4) is 28.7 Å². The fraction of sp³-hybridized carbons (Fsp3) is 0.0833. The molecule has 0 saturated heterocycles. The fourth-order valence-electron chi connectivity index (χ4n) is 3.35. The predicted molar refractivity (Wildman–Crippen MR) is 134 cm³/mol. The van der Waals surface area contributed by atoms with Gasteiger partial charge in [0.1, 0.15) is 23.2 Å². The average Bonchev–Trinajstić information content (AvgIpc) is 3.30. The molecular formula is C24H20ClN9O. The average molecular weight is 486 g/mol. The van der Waals surface area contributed by atoms with Gasteiger partial charge in [-0.1, -0.05) is 41.9 Å². The summed E-state index contributed by atoms with van der Waals surface area (Å²) in [5.41, 5.74) is 9.01. The number of nitrogens with zero attached hydrogens (tertiary/aromatic N) is 5. The molecule has 0 bridgehead atoms. The third kappa shape index (κ3) is 5.10. The number of amides is 2. The second-order valence-corrected chi connectivity index (χ2v) is 7.91. The molecule has 0 aliphatic carbocycles. The zero-order chi connectivity index (χ0) is 24.9. The molecule has 11 heteroatoms.